The number of fused-ring (bicyclic) bond motifs is 1. The molecule has 2 aromatic carbocycles. The van der Waals surface area contributed by atoms with E-state index in [0.29, 0.717) is 6.10 Å². The van der Waals surface area contributed by atoms with Gasteiger partial charge in [-0.25, -0.2) is 0 Å². The highest BCUT2D eigenvalue weighted by molar-refractivity contribution is 5.85. The maximum absolute atomic E-state index is 5.64. The fourth-order valence-electron chi connectivity index (χ4n) is 2.73. The van der Waals surface area contributed by atoms with E-state index in [-0.39, 0.29) is 0 Å². The van der Waals surface area contributed by atoms with Crippen LogP contribution in [0.15, 0.2) is 42.5 Å². The van der Waals surface area contributed by atoms with E-state index >= 15 is 0 Å². The zero-order valence-electron chi connectivity index (χ0n) is 11.3. The predicted molar refractivity (Wildman–Crippen MR) is 80.6 cm³/mol. The molecular weight excluding hydrogens is 234 g/mol. The SMILES string of the molecule is c1ccc2cc(NCCCC3CCCO3)ccc2c1. The summed E-state index contributed by atoms with van der Waals surface area (Å²) in [5.41, 5.74) is 1.21. The number of ether oxygens (including phenoxy) is 1. The summed E-state index contributed by atoms with van der Waals surface area (Å²) in [5.74, 6) is 0. The van der Waals surface area contributed by atoms with Crippen LogP contribution in [0, 0.1) is 0 Å². The number of anilines is 1. The smallest absolute Gasteiger partial charge is 0.0576 e. The molecule has 1 heterocycles. The van der Waals surface area contributed by atoms with Crippen molar-refractivity contribution in [1.82, 2.24) is 0 Å². The molecule has 1 fully saturated rings. The Morgan fingerprint density at radius 3 is 2.84 bits per heavy atom. The van der Waals surface area contributed by atoms with Crippen LogP contribution in [0.3, 0.4) is 0 Å². The third-order valence-corrected chi connectivity index (χ3v) is 3.81. The highest BCUT2D eigenvalue weighted by atomic mass is 16.5. The molecule has 1 aliphatic rings. The Labute approximate surface area is 114 Å². The van der Waals surface area contributed by atoms with Crippen molar-refractivity contribution in [3.63, 3.8) is 0 Å². The lowest BCUT2D eigenvalue weighted by Crippen LogP contribution is -2.08. The third-order valence-electron chi connectivity index (χ3n) is 3.81. The van der Waals surface area contributed by atoms with Gasteiger partial charge in [0.25, 0.3) is 0 Å². The summed E-state index contributed by atoms with van der Waals surface area (Å²) in [7, 11) is 0. The van der Waals surface area contributed by atoms with Gasteiger partial charge in [0.2, 0.25) is 0 Å². The molecule has 0 aliphatic carbocycles. The van der Waals surface area contributed by atoms with E-state index in [4.69, 9.17) is 4.74 Å². The minimum Gasteiger partial charge on any atom is -0.385 e. The number of nitrogens with one attached hydrogen (secondary N) is 1. The van der Waals surface area contributed by atoms with Crippen LogP contribution in [-0.4, -0.2) is 19.3 Å². The number of hydrogen-bond acceptors (Lipinski definition) is 2. The van der Waals surface area contributed by atoms with Crippen LogP contribution in [-0.2, 0) is 4.74 Å². The van der Waals surface area contributed by atoms with Crippen molar-refractivity contribution in [1.29, 1.82) is 0 Å². The molecule has 1 aliphatic heterocycles. The van der Waals surface area contributed by atoms with Gasteiger partial charge >= 0.3 is 0 Å². The van der Waals surface area contributed by atoms with E-state index in [0.717, 1.165) is 13.2 Å². The first-order valence-electron chi connectivity index (χ1n) is 7.26. The van der Waals surface area contributed by atoms with Gasteiger partial charge in [0, 0.05) is 18.8 Å². The molecule has 0 spiro atoms. The van der Waals surface area contributed by atoms with Crippen LogP contribution in [0.25, 0.3) is 10.8 Å². The quantitative estimate of drug-likeness (QED) is 0.808. The second-order valence-corrected chi connectivity index (χ2v) is 5.27. The first kappa shape index (κ1) is 12.5. The largest absolute Gasteiger partial charge is 0.385 e. The van der Waals surface area contributed by atoms with Gasteiger partial charge in [-0.2, -0.15) is 0 Å². The van der Waals surface area contributed by atoms with Crippen LogP contribution in [0.4, 0.5) is 5.69 Å². The molecule has 1 saturated heterocycles. The highest BCUT2D eigenvalue weighted by Crippen LogP contribution is 2.20. The summed E-state index contributed by atoms with van der Waals surface area (Å²) in [4.78, 5) is 0. The molecule has 100 valence electrons. The lowest BCUT2D eigenvalue weighted by atomic mass is 10.1. The monoisotopic (exact) mass is 255 g/mol. The van der Waals surface area contributed by atoms with Crippen molar-refractivity contribution in [2.45, 2.75) is 31.8 Å². The number of benzene rings is 2. The zero-order valence-corrected chi connectivity index (χ0v) is 11.3. The summed E-state index contributed by atoms with van der Waals surface area (Å²) in [6.45, 7) is 1.99. The zero-order chi connectivity index (χ0) is 12.9. The van der Waals surface area contributed by atoms with Crippen LogP contribution >= 0.6 is 0 Å². The minimum absolute atomic E-state index is 0.512. The maximum Gasteiger partial charge on any atom is 0.0576 e. The molecule has 1 unspecified atom stereocenters. The summed E-state index contributed by atoms with van der Waals surface area (Å²) in [6.07, 6.45) is 5.36. The second-order valence-electron chi connectivity index (χ2n) is 5.27. The van der Waals surface area contributed by atoms with Gasteiger partial charge in [-0.15, -0.1) is 0 Å². The van der Waals surface area contributed by atoms with Crippen molar-refractivity contribution in [3.05, 3.63) is 42.5 Å². The van der Waals surface area contributed by atoms with Gasteiger partial charge in [-0.05, 0) is 48.6 Å². The number of hydrogen-bond donors (Lipinski definition) is 1. The second kappa shape index (κ2) is 6.07. The first-order chi connectivity index (χ1) is 9.42. The minimum atomic E-state index is 0.512. The Kier molecular flexibility index (Phi) is 3.99. The molecule has 2 nitrogen and oxygen atoms in total. The molecule has 0 aromatic heterocycles. The van der Waals surface area contributed by atoms with Crippen molar-refractivity contribution in [2.75, 3.05) is 18.5 Å². The standard InChI is InChI=1S/C17H21NO/c1-2-6-15-13-16(10-9-14(15)5-1)18-11-3-7-17-8-4-12-19-17/h1-2,5-6,9-10,13,17-18H,3-4,7-8,11-12H2. The topological polar surface area (TPSA) is 21.3 Å². The predicted octanol–water partition coefficient (Wildman–Crippen LogP) is 4.21. The Morgan fingerprint density at radius 1 is 1.11 bits per heavy atom. The van der Waals surface area contributed by atoms with Gasteiger partial charge in [0.15, 0.2) is 0 Å². The van der Waals surface area contributed by atoms with Crippen LogP contribution in [0.1, 0.15) is 25.7 Å². The Bertz CT molecular complexity index is 532. The average molecular weight is 255 g/mol. The summed E-state index contributed by atoms with van der Waals surface area (Å²) in [6, 6.07) is 15.0. The van der Waals surface area contributed by atoms with E-state index in [1.165, 1.54) is 42.1 Å². The van der Waals surface area contributed by atoms with Crippen LogP contribution < -0.4 is 5.32 Å². The molecule has 0 radical (unpaired) electrons. The lowest BCUT2D eigenvalue weighted by molar-refractivity contribution is 0.103. The average Bonchev–Trinajstić information content (AvgIpc) is 2.97. The summed E-state index contributed by atoms with van der Waals surface area (Å²) >= 11 is 0. The van der Waals surface area contributed by atoms with Crippen molar-refractivity contribution >= 4 is 16.5 Å². The Balaban J connectivity index is 1.50. The van der Waals surface area contributed by atoms with Gasteiger partial charge in [-0.1, -0.05) is 30.3 Å². The van der Waals surface area contributed by atoms with Gasteiger partial charge in [0.05, 0.1) is 6.10 Å². The first-order valence-corrected chi connectivity index (χ1v) is 7.26. The maximum atomic E-state index is 5.64. The van der Waals surface area contributed by atoms with E-state index < -0.39 is 0 Å². The molecule has 0 amide bonds. The van der Waals surface area contributed by atoms with E-state index in [2.05, 4.69) is 47.8 Å². The van der Waals surface area contributed by atoms with E-state index in [1.807, 2.05) is 0 Å². The molecule has 0 bridgehead atoms. The van der Waals surface area contributed by atoms with E-state index in [1.54, 1.807) is 0 Å². The molecule has 2 heteroatoms. The van der Waals surface area contributed by atoms with Gasteiger partial charge in [-0.3, -0.25) is 0 Å². The highest BCUT2D eigenvalue weighted by Gasteiger charge is 2.14. The molecule has 1 atom stereocenters. The lowest BCUT2D eigenvalue weighted by Gasteiger charge is -2.10. The normalized spacial score (nSPS) is 18.8. The fraction of sp³-hybridized carbons (Fsp3) is 0.412. The molecule has 1 N–H and O–H groups in total. The molecule has 2 aromatic rings. The van der Waals surface area contributed by atoms with Crippen molar-refractivity contribution in [3.8, 4) is 0 Å². The number of rotatable bonds is 5. The molecule has 19 heavy (non-hydrogen) atoms. The molecular formula is C17H21NO. The Morgan fingerprint density at radius 2 is 2.00 bits per heavy atom. The van der Waals surface area contributed by atoms with Crippen LogP contribution in [0.2, 0.25) is 0 Å². The van der Waals surface area contributed by atoms with Crippen molar-refractivity contribution in [2.24, 2.45) is 0 Å². The fourth-order valence-corrected chi connectivity index (χ4v) is 2.73. The van der Waals surface area contributed by atoms with E-state index in [9.17, 15) is 0 Å². The van der Waals surface area contributed by atoms with Crippen LogP contribution in [0.5, 0.6) is 0 Å². The third kappa shape index (κ3) is 3.27. The molecule has 3 rings (SSSR count). The summed E-state index contributed by atoms with van der Waals surface area (Å²) in [5, 5.41) is 6.10. The summed E-state index contributed by atoms with van der Waals surface area (Å²) < 4.78 is 5.64. The van der Waals surface area contributed by atoms with Gasteiger partial charge in [0.1, 0.15) is 0 Å². The molecule has 0 saturated carbocycles. The van der Waals surface area contributed by atoms with Gasteiger partial charge < -0.3 is 10.1 Å². The Hall–Kier alpha value is -1.54. The van der Waals surface area contributed by atoms with Crippen molar-refractivity contribution < 1.29 is 4.74 Å².